The number of anilines is 1. The molecule has 2 aliphatic rings. The normalized spacial score (nSPS) is 20.6. The van der Waals surface area contributed by atoms with Crippen LogP contribution in [0.5, 0.6) is 11.5 Å². The summed E-state index contributed by atoms with van der Waals surface area (Å²) in [4.78, 5) is 27.1. The van der Waals surface area contributed by atoms with Gasteiger partial charge in [0.05, 0.1) is 19.3 Å². The molecule has 5 rings (SSSR count). The molecule has 2 atom stereocenters. The van der Waals surface area contributed by atoms with Gasteiger partial charge in [-0.3, -0.25) is 14.3 Å². The second-order valence-electron chi connectivity index (χ2n) is 10.9. The maximum absolute atomic E-state index is 14.2. The van der Waals surface area contributed by atoms with E-state index < -0.39 is 22.7 Å². The molecule has 10 nitrogen and oxygen atoms in total. The molecule has 3 aromatic rings. The van der Waals surface area contributed by atoms with Gasteiger partial charge in [-0.1, -0.05) is 18.9 Å². The summed E-state index contributed by atoms with van der Waals surface area (Å²) in [7, 11) is 0. The maximum Gasteiger partial charge on any atom is 0.271 e. The molecule has 0 bridgehead atoms. The fourth-order valence-corrected chi connectivity index (χ4v) is 5.39. The monoisotopic (exact) mass is 539 g/mol. The highest BCUT2D eigenvalue weighted by Crippen LogP contribution is 2.39. The number of nitrogens with one attached hydrogen (secondary N) is 1. The Bertz CT molecular complexity index is 1410. The van der Waals surface area contributed by atoms with Crippen molar-refractivity contribution >= 4 is 11.7 Å². The third-order valence-electron chi connectivity index (χ3n) is 7.48. The predicted octanol–water partition coefficient (Wildman–Crippen LogP) is 4.38. The van der Waals surface area contributed by atoms with E-state index in [-0.39, 0.29) is 29.4 Å². The van der Waals surface area contributed by atoms with Gasteiger partial charge in [0.25, 0.3) is 11.5 Å². The van der Waals surface area contributed by atoms with Crippen LogP contribution >= 0.6 is 0 Å². The summed E-state index contributed by atoms with van der Waals surface area (Å²) in [6, 6.07) is 7.41. The molecule has 2 aromatic heterocycles. The van der Waals surface area contributed by atoms with E-state index in [1.807, 2.05) is 20.8 Å². The molecular weight excluding hydrogens is 505 g/mol. The van der Waals surface area contributed by atoms with Crippen LogP contribution in [0.15, 0.2) is 47.5 Å². The molecule has 1 aromatic carbocycles. The lowest BCUT2D eigenvalue weighted by Gasteiger charge is -2.34. The van der Waals surface area contributed by atoms with Crippen molar-refractivity contribution in [2.24, 2.45) is 5.92 Å². The van der Waals surface area contributed by atoms with Crippen molar-refractivity contribution in [3.8, 4) is 11.5 Å². The van der Waals surface area contributed by atoms with Gasteiger partial charge in [-0.05, 0) is 64.2 Å². The Morgan fingerprint density at radius 1 is 1.26 bits per heavy atom. The van der Waals surface area contributed by atoms with Gasteiger partial charge in [0.1, 0.15) is 11.6 Å². The van der Waals surface area contributed by atoms with Crippen LogP contribution in [0, 0.1) is 18.7 Å². The van der Waals surface area contributed by atoms with Crippen LogP contribution in [0.3, 0.4) is 0 Å². The molecule has 1 N–H and O–H groups in total. The van der Waals surface area contributed by atoms with Gasteiger partial charge >= 0.3 is 0 Å². The van der Waals surface area contributed by atoms with E-state index in [1.54, 1.807) is 36.0 Å². The quantitative estimate of drug-likeness (QED) is 0.453. The van der Waals surface area contributed by atoms with Gasteiger partial charge in [-0.2, -0.15) is 10.2 Å². The summed E-state index contributed by atoms with van der Waals surface area (Å²) in [5.74, 6) is -1.20. The van der Waals surface area contributed by atoms with Gasteiger partial charge in [0.15, 0.2) is 28.9 Å². The number of halogens is 1. The Morgan fingerprint density at radius 3 is 2.72 bits per heavy atom. The zero-order valence-electron chi connectivity index (χ0n) is 22.6. The minimum Gasteiger partial charge on any atom is -0.452 e. The van der Waals surface area contributed by atoms with E-state index in [2.05, 4.69) is 15.5 Å². The number of rotatable bonds is 8. The summed E-state index contributed by atoms with van der Waals surface area (Å²) < 4.78 is 34.2. The van der Waals surface area contributed by atoms with Gasteiger partial charge in [0.2, 0.25) is 0 Å². The number of carbonyl (C=O) groups is 1. The van der Waals surface area contributed by atoms with Gasteiger partial charge in [0, 0.05) is 18.3 Å². The first kappa shape index (κ1) is 27.0. The summed E-state index contributed by atoms with van der Waals surface area (Å²) >= 11 is 0. The number of hydrogen-bond donors (Lipinski definition) is 1. The molecule has 1 saturated carbocycles. The molecule has 2 fully saturated rings. The van der Waals surface area contributed by atoms with E-state index in [9.17, 15) is 14.0 Å². The van der Waals surface area contributed by atoms with Gasteiger partial charge in [-0.15, -0.1) is 0 Å². The number of hydrogen-bond acceptors (Lipinski definition) is 7. The molecule has 208 valence electrons. The first-order valence-electron chi connectivity index (χ1n) is 13.2. The second kappa shape index (κ2) is 10.5. The number of aromatic nitrogens is 4. The minimum atomic E-state index is -1.27. The molecule has 1 saturated heterocycles. The summed E-state index contributed by atoms with van der Waals surface area (Å²) in [6.45, 7) is 8.20. The van der Waals surface area contributed by atoms with Crippen LogP contribution in [-0.4, -0.2) is 44.0 Å². The van der Waals surface area contributed by atoms with Crippen molar-refractivity contribution in [2.75, 3.05) is 11.9 Å². The highest BCUT2D eigenvalue weighted by Gasteiger charge is 2.46. The Kier molecular flexibility index (Phi) is 7.30. The lowest BCUT2D eigenvalue weighted by Crippen LogP contribution is -2.53. The van der Waals surface area contributed by atoms with Gasteiger partial charge in [-0.25, -0.2) is 9.07 Å². The third kappa shape index (κ3) is 5.74. The van der Waals surface area contributed by atoms with E-state index in [1.165, 1.54) is 23.0 Å². The molecule has 0 spiro atoms. The molecule has 39 heavy (non-hydrogen) atoms. The summed E-state index contributed by atoms with van der Waals surface area (Å²) in [5, 5.41) is 11.7. The smallest absolute Gasteiger partial charge is 0.271 e. The SMILES string of the molecule is Cc1ccc(F)c(Oc2cnn(C(C)(C(=O)Nc3ccn(C[C@@H]4COC(C)(C)O4)n3)C3CCCC3)c(=O)c2)c1. The molecule has 1 aliphatic heterocycles. The van der Waals surface area contributed by atoms with E-state index in [0.717, 1.165) is 31.2 Å². The fraction of sp³-hybridized carbons (Fsp3) is 0.500. The number of aryl methyl sites for hydroxylation is 1. The number of amides is 1. The fourth-order valence-electron chi connectivity index (χ4n) is 5.39. The summed E-state index contributed by atoms with van der Waals surface area (Å²) in [5.41, 5.74) is -0.970. The van der Waals surface area contributed by atoms with Crippen molar-refractivity contribution in [3.63, 3.8) is 0 Å². The number of ether oxygens (including phenoxy) is 3. The third-order valence-corrected chi connectivity index (χ3v) is 7.48. The lowest BCUT2D eigenvalue weighted by atomic mass is 9.83. The molecule has 3 heterocycles. The van der Waals surface area contributed by atoms with Crippen LogP contribution in [0.2, 0.25) is 0 Å². The second-order valence-corrected chi connectivity index (χ2v) is 10.9. The Hall–Kier alpha value is -3.57. The first-order valence-corrected chi connectivity index (χ1v) is 13.2. The molecule has 1 unspecified atom stereocenters. The van der Waals surface area contributed by atoms with Crippen LogP contribution < -0.4 is 15.6 Å². The number of carbonyl (C=O) groups excluding carboxylic acids is 1. The van der Waals surface area contributed by atoms with Crippen LogP contribution in [0.25, 0.3) is 0 Å². The Labute approximate surface area is 226 Å². The van der Waals surface area contributed by atoms with Gasteiger partial charge < -0.3 is 19.5 Å². The van der Waals surface area contributed by atoms with Crippen molar-refractivity contribution in [1.82, 2.24) is 19.6 Å². The van der Waals surface area contributed by atoms with Crippen molar-refractivity contribution in [1.29, 1.82) is 0 Å². The zero-order valence-corrected chi connectivity index (χ0v) is 22.6. The highest BCUT2D eigenvalue weighted by atomic mass is 19.1. The molecular formula is C28H34FN5O5. The Balaban J connectivity index is 1.36. The lowest BCUT2D eigenvalue weighted by molar-refractivity contribution is -0.139. The van der Waals surface area contributed by atoms with Crippen LogP contribution in [0.1, 0.15) is 52.0 Å². The van der Waals surface area contributed by atoms with E-state index >= 15 is 0 Å². The Morgan fingerprint density at radius 2 is 2.03 bits per heavy atom. The predicted molar refractivity (Wildman–Crippen MR) is 141 cm³/mol. The average molecular weight is 540 g/mol. The topological polar surface area (TPSA) is 110 Å². The molecule has 11 heteroatoms. The maximum atomic E-state index is 14.2. The minimum absolute atomic E-state index is 0.000959. The molecule has 0 radical (unpaired) electrons. The first-order chi connectivity index (χ1) is 18.5. The number of nitrogens with zero attached hydrogens (tertiary/aromatic N) is 4. The largest absolute Gasteiger partial charge is 0.452 e. The average Bonchev–Trinajstić information content (AvgIpc) is 3.63. The molecule has 1 amide bonds. The van der Waals surface area contributed by atoms with Crippen molar-refractivity contribution in [3.05, 3.63) is 64.5 Å². The van der Waals surface area contributed by atoms with E-state index in [0.29, 0.717) is 19.0 Å². The molecule has 1 aliphatic carbocycles. The summed E-state index contributed by atoms with van der Waals surface area (Å²) in [6.07, 6.45) is 6.45. The van der Waals surface area contributed by atoms with Crippen molar-refractivity contribution in [2.45, 2.75) is 77.4 Å². The van der Waals surface area contributed by atoms with E-state index in [4.69, 9.17) is 14.2 Å². The standard InChI is InChI=1S/C28H34FN5O5/c1-18-9-10-22(29)23(13-18)38-20-14-25(35)34(30-15-20)28(4,19-7-5-6-8-19)26(36)31-24-11-12-33(32-24)16-21-17-37-27(2,3)39-21/h9-15,19,21H,5-8,16-17H2,1-4H3,(H,31,32,36)/t21-,28?/m1/s1. The van der Waals surface area contributed by atoms with Crippen LogP contribution in [0.4, 0.5) is 10.2 Å². The van der Waals surface area contributed by atoms with Crippen molar-refractivity contribution < 1.29 is 23.4 Å². The zero-order chi connectivity index (χ0) is 27.8. The highest BCUT2D eigenvalue weighted by molar-refractivity contribution is 5.95. The van der Waals surface area contributed by atoms with Crippen LogP contribution in [-0.2, 0) is 26.4 Å². The number of benzene rings is 1.